The van der Waals surface area contributed by atoms with Gasteiger partial charge in [-0.05, 0) is 63.8 Å². The molecule has 4 nitrogen and oxygen atoms in total. The fourth-order valence-corrected chi connectivity index (χ4v) is 3.80. The van der Waals surface area contributed by atoms with Crippen molar-refractivity contribution in [2.45, 2.75) is 13.3 Å². The van der Waals surface area contributed by atoms with Crippen molar-refractivity contribution in [1.82, 2.24) is 9.88 Å². The summed E-state index contributed by atoms with van der Waals surface area (Å²) in [5.41, 5.74) is 2.31. The fourth-order valence-electron chi connectivity index (χ4n) is 2.79. The summed E-state index contributed by atoms with van der Waals surface area (Å²) >= 11 is 1.35. The predicted molar refractivity (Wildman–Crippen MR) is 106 cm³/mol. The number of rotatable bonds is 6. The van der Waals surface area contributed by atoms with E-state index in [0.717, 1.165) is 23.2 Å². The summed E-state index contributed by atoms with van der Waals surface area (Å²) in [7, 11) is 4.02. The van der Waals surface area contributed by atoms with Gasteiger partial charge in [-0.3, -0.25) is 9.69 Å². The number of amides is 1. The maximum Gasteiger partial charge on any atom is 0.260 e. The quantitative estimate of drug-likeness (QED) is 0.647. The zero-order valence-corrected chi connectivity index (χ0v) is 16.0. The van der Waals surface area contributed by atoms with Gasteiger partial charge in [0.15, 0.2) is 5.13 Å². The molecule has 136 valence electrons. The van der Waals surface area contributed by atoms with Crippen LogP contribution in [0.15, 0.2) is 42.5 Å². The van der Waals surface area contributed by atoms with Gasteiger partial charge >= 0.3 is 0 Å². The Morgan fingerprint density at radius 2 is 1.92 bits per heavy atom. The van der Waals surface area contributed by atoms with Crippen LogP contribution in [-0.4, -0.2) is 43.0 Å². The Bertz CT molecular complexity index is 922. The van der Waals surface area contributed by atoms with Crippen LogP contribution in [0.1, 0.15) is 22.3 Å². The summed E-state index contributed by atoms with van der Waals surface area (Å²) in [6, 6.07) is 12.1. The number of thiazole rings is 1. The maximum absolute atomic E-state index is 13.5. The Labute approximate surface area is 156 Å². The van der Waals surface area contributed by atoms with Crippen LogP contribution in [0.5, 0.6) is 0 Å². The van der Waals surface area contributed by atoms with Crippen LogP contribution < -0.4 is 4.90 Å². The van der Waals surface area contributed by atoms with Crippen molar-refractivity contribution in [3.63, 3.8) is 0 Å². The number of nitrogens with zero attached hydrogens (tertiary/aromatic N) is 3. The lowest BCUT2D eigenvalue weighted by atomic mass is 10.1. The number of carbonyl (C=O) groups is 1. The molecule has 1 aromatic heterocycles. The monoisotopic (exact) mass is 371 g/mol. The minimum Gasteiger partial charge on any atom is -0.309 e. The lowest BCUT2D eigenvalue weighted by molar-refractivity contribution is 0.0985. The predicted octanol–water partition coefficient (Wildman–Crippen LogP) is 4.34. The van der Waals surface area contributed by atoms with Gasteiger partial charge in [-0.25, -0.2) is 9.37 Å². The third-order valence-electron chi connectivity index (χ3n) is 4.18. The van der Waals surface area contributed by atoms with E-state index >= 15 is 0 Å². The highest BCUT2D eigenvalue weighted by Gasteiger charge is 2.22. The number of hydrogen-bond donors (Lipinski definition) is 0. The lowest BCUT2D eigenvalue weighted by Gasteiger charge is -2.21. The second kappa shape index (κ2) is 7.93. The molecular formula is C20H22FN3OS. The Morgan fingerprint density at radius 1 is 1.15 bits per heavy atom. The molecule has 26 heavy (non-hydrogen) atoms. The molecule has 3 rings (SSSR count). The van der Waals surface area contributed by atoms with Gasteiger partial charge in [0.2, 0.25) is 0 Å². The van der Waals surface area contributed by atoms with Crippen LogP contribution in [0.3, 0.4) is 0 Å². The summed E-state index contributed by atoms with van der Waals surface area (Å²) < 4.78 is 14.3. The molecule has 1 heterocycles. The summed E-state index contributed by atoms with van der Waals surface area (Å²) in [5.74, 6) is -0.363. The Balaban J connectivity index is 1.96. The van der Waals surface area contributed by atoms with E-state index in [9.17, 15) is 9.18 Å². The average molecular weight is 371 g/mol. The molecule has 0 radical (unpaired) electrons. The van der Waals surface area contributed by atoms with Crippen LogP contribution in [0.2, 0.25) is 0 Å². The highest BCUT2D eigenvalue weighted by Crippen LogP contribution is 2.30. The molecule has 0 aliphatic heterocycles. The first-order valence-corrected chi connectivity index (χ1v) is 9.35. The standard InChI is InChI=1S/C20H22FN3OS/c1-14-7-4-5-8-16(14)19(25)24(12-6-11-23(2)3)20-22-17-10-9-15(21)13-18(17)26-20/h4-5,7-10,13H,6,11-12H2,1-3H3. The van der Waals surface area contributed by atoms with E-state index in [2.05, 4.69) is 9.88 Å². The average Bonchev–Trinajstić information content (AvgIpc) is 3.01. The van der Waals surface area contributed by atoms with Gasteiger partial charge in [-0.15, -0.1) is 0 Å². The SMILES string of the molecule is Cc1ccccc1C(=O)N(CCCN(C)C)c1nc2ccc(F)cc2s1. The number of anilines is 1. The largest absolute Gasteiger partial charge is 0.309 e. The fraction of sp³-hybridized carbons (Fsp3) is 0.300. The van der Waals surface area contributed by atoms with Gasteiger partial charge in [0, 0.05) is 12.1 Å². The zero-order chi connectivity index (χ0) is 18.7. The maximum atomic E-state index is 13.5. The minimum atomic E-state index is -0.294. The number of aromatic nitrogens is 1. The molecule has 2 aromatic carbocycles. The normalized spacial score (nSPS) is 11.3. The minimum absolute atomic E-state index is 0.0682. The highest BCUT2D eigenvalue weighted by molar-refractivity contribution is 7.22. The number of fused-ring (bicyclic) bond motifs is 1. The number of benzene rings is 2. The van der Waals surface area contributed by atoms with Crippen molar-refractivity contribution in [3.8, 4) is 0 Å². The van der Waals surface area contributed by atoms with E-state index in [1.165, 1.54) is 23.5 Å². The van der Waals surface area contributed by atoms with Crippen molar-refractivity contribution in [2.24, 2.45) is 0 Å². The van der Waals surface area contributed by atoms with Crippen LogP contribution in [-0.2, 0) is 0 Å². The second-order valence-electron chi connectivity index (χ2n) is 6.54. The van der Waals surface area contributed by atoms with Gasteiger partial charge in [-0.2, -0.15) is 0 Å². The number of aryl methyl sites for hydroxylation is 1. The molecule has 0 bridgehead atoms. The van der Waals surface area contributed by atoms with Gasteiger partial charge in [0.05, 0.1) is 10.2 Å². The lowest BCUT2D eigenvalue weighted by Crippen LogP contribution is -2.33. The van der Waals surface area contributed by atoms with E-state index in [1.54, 1.807) is 11.0 Å². The van der Waals surface area contributed by atoms with Crippen LogP contribution >= 0.6 is 11.3 Å². The first-order chi connectivity index (χ1) is 12.5. The van der Waals surface area contributed by atoms with E-state index in [4.69, 9.17) is 0 Å². The summed E-state index contributed by atoms with van der Waals surface area (Å²) in [6.07, 6.45) is 0.828. The molecule has 0 spiro atoms. The van der Waals surface area contributed by atoms with E-state index in [1.807, 2.05) is 45.3 Å². The Hall–Kier alpha value is -2.31. The highest BCUT2D eigenvalue weighted by atomic mass is 32.1. The number of carbonyl (C=O) groups excluding carboxylic acids is 1. The third-order valence-corrected chi connectivity index (χ3v) is 5.22. The summed E-state index contributed by atoms with van der Waals surface area (Å²) in [5, 5.41) is 0.609. The number of hydrogen-bond acceptors (Lipinski definition) is 4. The first kappa shape index (κ1) is 18.5. The van der Waals surface area contributed by atoms with Crippen molar-refractivity contribution in [2.75, 3.05) is 32.1 Å². The van der Waals surface area contributed by atoms with Crippen LogP contribution in [0.25, 0.3) is 10.2 Å². The number of halogens is 1. The second-order valence-corrected chi connectivity index (χ2v) is 7.55. The molecule has 0 saturated carbocycles. The first-order valence-electron chi connectivity index (χ1n) is 8.54. The molecule has 1 amide bonds. The van der Waals surface area contributed by atoms with Crippen molar-refractivity contribution >= 4 is 32.6 Å². The molecule has 3 aromatic rings. The van der Waals surface area contributed by atoms with Gasteiger partial charge in [0.1, 0.15) is 5.82 Å². The third kappa shape index (κ3) is 4.08. The van der Waals surface area contributed by atoms with Crippen molar-refractivity contribution < 1.29 is 9.18 Å². The zero-order valence-electron chi connectivity index (χ0n) is 15.2. The van der Waals surface area contributed by atoms with Gasteiger partial charge in [0.25, 0.3) is 5.91 Å². The van der Waals surface area contributed by atoms with E-state index < -0.39 is 0 Å². The Kier molecular flexibility index (Phi) is 5.64. The summed E-state index contributed by atoms with van der Waals surface area (Å²) in [6.45, 7) is 3.36. The summed E-state index contributed by atoms with van der Waals surface area (Å²) in [4.78, 5) is 21.6. The molecule has 0 atom stereocenters. The molecule has 0 aliphatic carbocycles. The van der Waals surface area contributed by atoms with Crippen molar-refractivity contribution in [1.29, 1.82) is 0 Å². The Morgan fingerprint density at radius 3 is 2.65 bits per heavy atom. The topological polar surface area (TPSA) is 36.4 Å². The van der Waals surface area contributed by atoms with Crippen LogP contribution in [0.4, 0.5) is 9.52 Å². The van der Waals surface area contributed by atoms with Crippen molar-refractivity contribution in [3.05, 3.63) is 59.4 Å². The molecular weight excluding hydrogens is 349 g/mol. The smallest absolute Gasteiger partial charge is 0.260 e. The molecule has 0 fully saturated rings. The van der Waals surface area contributed by atoms with Gasteiger partial charge in [-0.1, -0.05) is 29.5 Å². The van der Waals surface area contributed by atoms with E-state index in [-0.39, 0.29) is 11.7 Å². The molecule has 0 N–H and O–H groups in total. The molecule has 6 heteroatoms. The molecule has 0 aliphatic rings. The molecule has 0 unspecified atom stereocenters. The van der Waals surface area contributed by atoms with E-state index in [0.29, 0.717) is 22.8 Å². The van der Waals surface area contributed by atoms with Crippen LogP contribution in [0, 0.1) is 12.7 Å². The molecule has 0 saturated heterocycles. The van der Waals surface area contributed by atoms with Gasteiger partial charge < -0.3 is 4.90 Å².